The lowest BCUT2D eigenvalue weighted by Gasteiger charge is -2.19. The van der Waals surface area contributed by atoms with Crippen molar-refractivity contribution in [3.63, 3.8) is 0 Å². The van der Waals surface area contributed by atoms with Crippen LogP contribution in [0, 0.1) is 5.92 Å². The third-order valence-corrected chi connectivity index (χ3v) is 3.86. The molecule has 1 aliphatic rings. The number of fused-ring (bicyclic) bond motifs is 1. The summed E-state index contributed by atoms with van der Waals surface area (Å²) in [5, 5.41) is 5.20. The Morgan fingerprint density at radius 1 is 1.04 bits per heavy atom. The molecule has 1 aromatic rings. The molecule has 0 aromatic heterocycles. The van der Waals surface area contributed by atoms with Crippen molar-refractivity contribution in [3.8, 4) is 0 Å². The van der Waals surface area contributed by atoms with Crippen molar-refractivity contribution in [3.05, 3.63) is 34.9 Å². The Balaban J connectivity index is 1.93. The lowest BCUT2D eigenvalue weighted by Crippen LogP contribution is -2.37. The Kier molecular flexibility index (Phi) is 6.43. The van der Waals surface area contributed by atoms with E-state index >= 15 is 0 Å². The first-order chi connectivity index (χ1) is 13.0. The van der Waals surface area contributed by atoms with E-state index in [1.165, 1.54) is 23.1 Å². The molecule has 0 fully saturated rings. The molecule has 0 saturated carbocycles. The number of hydrogen-bond donors (Lipinski definition) is 2. The maximum atomic E-state index is 12.5. The van der Waals surface area contributed by atoms with Crippen molar-refractivity contribution < 1.29 is 23.9 Å². The van der Waals surface area contributed by atoms with E-state index in [-0.39, 0.29) is 41.9 Å². The number of carbonyl (C=O) groups is 4. The fourth-order valence-electron chi connectivity index (χ4n) is 2.72. The molecule has 28 heavy (non-hydrogen) atoms. The zero-order valence-corrected chi connectivity index (χ0v) is 16.9. The molecule has 0 spiro atoms. The summed E-state index contributed by atoms with van der Waals surface area (Å²) in [6.45, 7) is 9.86. The monoisotopic (exact) mass is 389 g/mol. The van der Waals surface area contributed by atoms with Gasteiger partial charge in [0, 0.05) is 25.2 Å². The molecule has 1 heterocycles. The number of ether oxygens (including phenoxy) is 1. The van der Waals surface area contributed by atoms with Crippen LogP contribution in [0.5, 0.6) is 0 Å². The first kappa shape index (κ1) is 21.4. The summed E-state index contributed by atoms with van der Waals surface area (Å²) in [6, 6.07) is 4.45. The molecule has 0 bridgehead atoms. The molecule has 1 aromatic carbocycles. The van der Waals surface area contributed by atoms with Crippen molar-refractivity contribution in [1.82, 2.24) is 15.5 Å². The minimum absolute atomic E-state index is 0.155. The minimum Gasteiger partial charge on any atom is -0.444 e. The smallest absolute Gasteiger partial charge is 0.407 e. The van der Waals surface area contributed by atoms with Gasteiger partial charge in [-0.3, -0.25) is 19.3 Å². The maximum Gasteiger partial charge on any atom is 0.407 e. The van der Waals surface area contributed by atoms with E-state index in [9.17, 15) is 19.2 Å². The lowest BCUT2D eigenvalue weighted by molar-refractivity contribution is 0.0525. The van der Waals surface area contributed by atoms with Gasteiger partial charge >= 0.3 is 6.09 Å². The van der Waals surface area contributed by atoms with Gasteiger partial charge in [0.15, 0.2) is 0 Å². The number of hydrogen-bond acceptors (Lipinski definition) is 5. The fraction of sp³-hybridized carbons (Fsp3) is 0.500. The second-order valence-corrected chi connectivity index (χ2v) is 8.06. The fourth-order valence-corrected chi connectivity index (χ4v) is 2.72. The third kappa shape index (κ3) is 5.31. The number of alkyl carbamates (subject to hydrolysis) is 1. The SMILES string of the molecule is CC(C)CN1C(=O)c2ccc(C(=O)NCCNC(=O)OC(C)(C)C)cc2C1=O. The molecule has 1 aliphatic heterocycles. The van der Waals surface area contributed by atoms with Crippen LogP contribution in [0.1, 0.15) is 65.7 Å². The van der Waals surface area contributed by atoms with E-state index < -0.39 is 17.6 Å². The molecular weight excluding hydrogens is 362 g/mol. The van der Waals surface area contributed by atoms with Crippen molar-refractivity contribution in [2.75, 3.05) is 19.6 Å². The van der Waals surface area contributed by atoms with E-state index in [1.54, 1.807) is 20.8 Å². The maximum absolute atomic E-state index is 12.5. The van der Waals surface area contributed by atoms with Crippen molar-refractivity contribution in [1.29, 1.82) is 0 Å². The minimum atomic E-state index is -0.592. The predicted octanol–water partition coefficient (Wildman–Crippen LogP) is 2.19. The number of nitrogens with one attached hydrogen (secondary N) is 2. The Bertz CT molecular complexity index is 796. The second kappa shape index (κ2) is 8.41. The second-order valence-electron chi connectivity index (χ2n) is 8.06. The Morgan fingerprint density at radius 2 is 1.64 bits per heavy atom. The summed E-state index contributed by atoms with van der Waals surface area (Å²) in [5.74, 6) is -0.948. The molecule has 0 saturated heterocycles. The van der Waals surface area contributed by atoms with Crippen LogP contribution < -0.4 is 10.6 Å². The van der Waals surface area contributed by atoms with E-state index in [0.29, 0.717) is 12.1 Å². The van der Waals surface area contributed by atoms with E-state index in [0.717, 1.165) is 0 Å². The highest BCUT2D eigenvalue weighted by atomic mass is 16.6. The average Bonchev–Trinajstić information content (AvgIpc) is 2.81. The first-order valence-electron chi connectivity index (χ1n) is 9.25. The summed E-state index contributed by atoms with van der Waals surface area (Å²) >= 11 is 0. The van der Waals surface area contributed by atoms with E-state index in [1.807, 2.05) is 13.8 Å². The van der Waals surface area contributed by atoms with Crippen molar-refractivity contribution >= 4 is 23.8 Å². The van der Waals surface area contributed by atoms with Crippen LogP contribution in [0.3, 0.4) is 0 Å². The van der Waals surface area contributed by atoms with Crippen LogP contribution in [0.15, 0.2) is 18.2 Å². The van der Waals surface area contributed by atoms with Gasteiger partial charge < -0.3 is 15.4 Å². The van der Waals surface area contributed by atoms with Gasteiger partial charge in [-0.05, 0) is 44.9 Å². The van der Waals surface area contributed by atoms with Crippen LogP contribution in [0.2, 0.25) is 0 Å². The topological polar surface area (TPSA) is 105 Å². The molecule has 0 unspecified atom stereocenters. The number of carbonyl (C=O) groups excluding carboxylic acids is 4. The van der Waals surface area contributed by atoms with Crippen molar-refractivity contribution in [2.45, 2.75) is 40.2 Å². The molecule has 0 aliphatic carbocycles. The average molecular weight is 389 g/mol. The van der Waals surface area contributed by atoms with Gasteiger partial charge in [0.05, 0.1) is 11.1 Å². The highest BCUT2D eigenvalue weighted by Crippen LogP contribution is 2.24. The largest absolute Gasteiger partial charge is 0.444 e. The summed E-state index contributed by atoms with van der Waals surface area (Å²) in [4.78, 5) is 49.9. The molecule has 0 radical (unpaired) electrons. The summed E-state index contributed by atoms with van der Waals surface area (Å²) in [6.07, 6.45) is -0.561. The third-order valence-electron chi connectivity index (χ3n) is 3.86. The molecule has 8 heteroatoms. The first-order valence-corrected chi connectivity index (χ1v) is 9.25. The van der Waals surface area contributed by atoms with Gasteiger partial charge in [0.25, 0.3) is 17.7 Å². The Hall–Kier alpha value is -2.90. The quantitative estimate of drug-likeness (QED) is 0.573. The molecule has 0 atom stereocenters. The normalized spacial score (nSPS) is 13.6. The van der Waals surface area contributed by atoms with Gasteiger partial charge in [-0.1, -0.05) is 13.8 Å². The number of amides is 4. The van der Waals surface area contributed by atoms with Crippen LogP contribution in [0.25, 0.3) is 0 Å². The van der Waals surface area contributed by atoms with Crippen molar-refractivity contribution in [2.24, 2.45) is 5.92 Å². The van der Waals surface area contributed by atoms with Gasteiger partial charge in [-0.15, -0.1) is 0 Å². The number of nitrogens with zero attached hydrogens (tertiary/aromatic N) is 1. The van der Waals surface area contributed by atoms with Gasteiger partial charge in [0.2, 0.25) is 0 Å². The highest BCUT2D eigenvalue weighted by Gasteiger charge is 2.36. The standard InChI is InChI=1S/C20H27N3O5/c1-12(2)11-23-17(25)14-7-6-13(10-15(14)18(23)26)16(24)21-8-9-22-19(27)28-20(3,4)5/h6-7,10,12H,8-9,11H2,1-5H3,(H,21,24)(H,22,27). The zero-order chi connectivity index (χ0) is 21.1. The summed E-state index contributed by atoms with van der Waals surface area (Å²) in [5.41, 5.74) is 0.244. The number of benzene rings is 1. The molecule has 4 amide bonds. The predicted molar refractivity (Wildman–Crippen MR) is 103 cm³/mol. The Morgan fingerprint density at radius 3 is 2.25 bits per heavy atom. The highest BCUT2D eigenvalue weighted by molar-refractivity contribution is 6.22. The molecule has 152 valence electrons. The Labute approximate surface area is 164 Å². The molecule has 2 rings (SSSR count). The van der Waals surface area contributed by atoms with E-state index in [4.69, 9.17) is 4.74 Å². The van der Waals surface area contributed by atoms with Crippen LogP contribution in [-0.2, 0) is 4.74 Å². The number of rotatable bonds is 6. The number of imide groups is 1. The summed E-state index contributed by atoms with van der Waals surface area (Å²) in [7, 11) is 0. The van der Waals surface area contributed by atoms with E-state index in [2.05, 4.69) is 10.6 Å². The van der Waals surface area contributed by atoms with Gasteiger partial charge in [-0.2, -0.15) is 0 Å². The zero-order valence-electron chi connectivity index (χ0n) is 16.9. The van der Waals surface area contributed by atoms with Crippen LogP contribution in [-0.4, -0.2) is 54.0 Å². The van der Waals surface area contributed by atoms with Crippen LogP contribution in [0.4, 0.5) is 4.79 Å². The van der Waals surface area contributed by atoms with Crippen LogP contribution >= 0.6 is 0 Å². The van der Waals surface area contributed by atoms with Gasteiger partial charge in [0.1, 0.15) is 5.60 Å². The molecule has 2 N–H and O–H groups in total. The van der Waals surface area contributed by atoms with Gasteiger partial charge in [-0.25, -0.2) is 4.79 Å². The lowest BCUT2D eigenvalue weighted by atomic mass is 10.1. The molecule has 8 nitrogen and oxygen atoms in total. The molecular formula is C20H27N3O5. The summed E-state index contributed by atoms with van der Waals surface area (Å²) < 4.78 is 5.10.